The highest BCUT2D eigenvalue weighted by Gasteiger charge is 2.41. The molecule has 3 nitrogen and oxygen atoms in total. The second-order valence-electron chi connectivity index (χ2n) is 8.37. The Morgan fingerprint density at radius 3 is 2.78 bits per heavy atom. The topological polar surface area (TPSA) is 34.1 Å². The molecule has 2 fully saturated rings. The van der Waals surface area contributed by atoms with Crippen molar-refractivity contribution in [3.63, 3.8) is 0 Å². The van der Waals surface area contributed by atoms with Crippen LogP contribution in [-0.4, -0.2) is 11.6 Å². The molecule has 3 heteroatoms. The van der Waals surface area contributed by atoms with Crippen molar-refractivity contribution in [3.8, 4) is 5.75 Å². The standard InChI is InChI=1S/C24H30N2O/c1-15-5-6-16(2)21(11-15)23-12-22(23)17(3)26-18(4)24-10-9-20(13-25-24)27-14-19-7-8-19/h5-6,9-11,13,18-19,22-23,26H,3,7-8,12,14H2,1-2,4H3/t18-,22?,23?/m1/s1. The first-order chi connectivity index (χ1) is 13.0. The first kappa shape index (κ1) is 18.1. The monoisotopic (exact) mass is 362 g/mol. The third kappa shape index (κ3) is 4.35. The van der Waals surface area contributed by atoms with Crippen molar-refractivity contribution in [2.24, 2.45) is 11.8 Å². The molecular formula is C24H30N2O. The van der Waals surface area contributed by atoms with Gasteiger partial charge in [0.1, 0.15) is 5.75 Å². The second-order valence-corrected chi connectivity index (χ2v) is 8.37. The predicted molar refractivity (Wildman–Crippen MR) is 110 cm³/mol. The fourth-order valence-electron chi connectivity index (χ4n) is 3.77. The predicted octanol–water partition coefficient (Wildman–Crippen LogP) is 5.46. The van der Waals surface area contributed by atoms with Gasteiger partial charge >= 0.3 is 0 Å². The van der Waals surface area contributed by atoms with E-state index < -0.39 is 0 Å². The van der Waals surface area contributed by atoms with Gasteiger partial charge in [0.2, 0.25) is 0 Å². The van der Waals surface area contributed by atoms with Crippen molar-refractivity contribution in [1.82, 2.24) is 10.3 Å². The quantitative estimate of drug-likeness (QED) is 0.677. The summed E-state index contributed by atoms with van der Waals surface area (Å²) in [5.41, 5.74) is 6.35. The highest BCUT2D eigenvalue weighted by atomic mass is 16.5. The molecule has 1 aromatic carbocycles. The van der Waals surface area contributed by atoms with Gasteiger partial charge < -0.3 is 10.1 Å². The van der Waals surface area contributed by atoms with Gasteiger partial charge in [0.05, 0.1) is 24.5 Å². The third-order valence-corrected chi connectivity index (χ3v) is 5.86. The molecule has 0 amide bonds. The van der Waals surface area contributed by atoms with Gasteiger partial charge in [-0.3, -0.25) is 4.98 Å². The number of ether oxygens (including phenoxy) is 1. The van der Waals surface area contributed by atoms with Crippen molar-refractivity contribution in [3.05, 3.63) is 71.2 Å². The maximum Gasteiger partial charge on any atom is 0.137 e. The molecule has 4 rings (SSSR count). The van der Waals surface area contributed by atoms with Crippen LogP contribution < -0.4 is 10.1 Å². The zero-order chi connectivity index (χ0) is 19.0. The number of aryl methyl sites for hydroxylation is 2. The normalized spacial score (nSPS) is 22.2. The van der Waals surface area contributed by atoms with Gasteiger partial charge in [-0.2, -0.15) is 0 Å². The number of hydrogen-bond donors (Lipinski definition) is 1. The Morgan fingerprint density at radius 1 is 1.26 bits per heavy atom. The summed E-state index contributed by atoms with van der Waals surface area (Å²) in [7, 11) is 0. The summed E-state index contributed by atoms with van der Waals surface area (Å²) in [6.07, 6.45) is 5.64. The summed E-state index contributed by atoms with van der Waals surface area (Å²) >= 11 is 0. The summed E-state index contributed by atoms with van der Waals surface area (Å²) in [5, 5.41) is 3.57. The lowest BCUT2D eigenvalue weighted by Crippen LogP contribution is -2.20. The SMILES string of the molecule is C=C(N[C@H](C)c1ccc(OCC2CC2)cn1)C1CC1c1cc(C)ccc1C. The summed E-state index contributed by atoms with van der Waals surface area (Å²) in [5.74, 6) is 2.75. The number of pyridine rings is 1. The summed E-state index contributed by atoms with van der Waals surface area (Å²) in [6, 6.07) is 11.0. The van der Waals surface area contributed by atoms with Crippen LogP contribution in [0.25, 0.3) is 0 Å². The van der Waals surface area contributed by atoms with Gasteiger partial charge in [0, 0.05) is 11.6 Å². The lowest BCUT2D eigenvalue weighted by atomic mass is 10.00. The molecule has 1 heterocycles. The second kappa shape index (κ2) is 7.38. The number of benzene rings is 1. The largest absolute Gasteiger partial charge is 0.492 e. The molecule has 0 spiro atoms. The van der Waals surface area contributed by atoms with E-state index in [1.165, 1.54) is 36.0 Å². The van der Waals surface area contributed by atoms with Crippen LogP contribution in [0.4, 0.5) is 0 Å². The Hall–Kier alpha value is -2.29. The minimum atomic E-state index is 0.148. The van der Waals surface area contributed by atoms with E-state index in [0.29, 0.717) is 11.8 Å². The number of rotatable bonds is 8. The third-order valence-electron chi connectivity index (χ3n) is 5.86. The fourth-order valence-corrected chi connectivity index (χ4v) is 3.77. The molecule has 2 aliphatic rings. The average molecular weight is 363 g/mol. The Bertz CT molecular complexity index is 823. The van der Waals surface area contributed by atoms with E-state index in [9.17, 15) is 0 Å². The highest BCUT2D eigenvalue weighted by Crippen LogP contribution is 2.52. The van der Waals surface area contributed by atoms with Crippen LogP contribution in [0.5, 0.6) is 5.75 Å². The number of aromatic nitrogens is 1. The Kier molecular flexibility index (Phi) is 4.94. The number of hydrogen-bond acceptors (Lipinski definition) is 3. The van der Waals surface area contributed by atoms with Crippen LogP contribution in [0.3, 0.4) is 0 Å². The molecule has 1 aromatic heterocycles. The van der Waals surface area contributed by atoms with Gasteiger partial charge in [-0.1, -0.05) is 30.3 Å². The molecule has 27 heavy (non-hydrogen) atoms. The number of nitrogens with one attached hydrogen (secondary N) is 1. The molecule has 0 aliphatic heterocycles. The highest BCUT2D eigenvalue weighted by molar-refractivity contribution is 5.39. The first-order valence-electron chi connectivity index (χ1n) is 10.1. The number of nitrogens with zero attached hydrogens (tertiary/aromatic N) is 1. The molecule has 0 radical (unpaired) electrons. The fraction of sp³-hybridized carbons (Fsp3) is 0.458. The van der Waals surface area contributed by atoms with Gasteiger partial charge in [-0.05, 0) is 75.1 Å². The van der Waals surface area contributed by atoms with Gasteiger partial charge in [0.15, 0.2) is 0 Å². The van der Waals surface area contributed by atoms with Crippen molar-refractivity contribution in [2.75, 3.05) is 6.61 Å². The van der Waals surface area contributed by atoms with Gasteiger partial charge in [-0.15, -0.1) is 0 Å². The Morgan fingerprint density at radius 2 is 2.07 bits per heavy atom. The maximum atomic E-state index is 5.78. The zero-order valence-electron chi connectivity index (χ0n) is 16.7. The van der Waals surface area contributed by atoms with Crippen LogP contribution in [0, 0.1) is 25.7 Å². The molecule has 3 atom stereocenters. The average Bonchev–Trinajstić information content (AvgIpc) is 3.56. The van der Waals surface area contributed by atoms with E-state index in [1.807, 2.05) is 12.3 Å². The van der Waals surface area contributed by atoms with Crippen LogP contribution in [0.1, 0.15) is 60.5 Å². The molecule has 2 unspecified atom stereocenters. The van der Waals surface area contributed by atoms with E-state index in [-0.39, 0.29) is 6.04 Å². The smallest absolute Gasteiger partial charge is 0.137 e. The summed E-state index contributed by atoms with van der Waals surface area (Å²) in [6.45, 7) is 11.7. The van der Waals surface area contributed by atoms with Crippen molar-refractivity contribution >= 4 is 0 Å². The maximum absolute atomic E-state index is 5.78. The van der Waals surface area contributed by atoms with E-state index in [0.717, 1.165) is 29.7 Å². The van der Waals surface area contributed by atoms with Crippen molar-refractivity contribution in [1.29, 1.82) is 0 Å². The molecule has 142 valence electrons. The van der Waals surface area contributed by atoms with E-state index in [4.69, 9.17) is 4.74 Å². The molecule has 1 N–H and O–H groups in total. The minimum Gasteiger partial charge on any atom is -0.492 e. The van der Waals surface area contributed by atoms with Gasteiger partial charge in [0.25, 0.3) is 0 Å². The minimum absolute atomic E-state index is 0.148. The van der Waals surface area contributed by atoms with E-state index >= 15 is 0 Å². The molecule has 2 aromatic rings. The van der Waals surface area contributed by atoms with E-state index in [2.05, 4.69) is 61.9 Å². The number of allylic oxidation sites excluding steroid dienone is 1. The zero-order valence-corrected chi connectivity index (χ0v) is 16.7. The van der Waals surface area contributed by atoms with Crippen LogP contribution in [0.2, 0.25) is 0 Å². The summed E-state index contributed by atoms with van der Waals surface area (Å²) in [4.78, 5) is 4.58. The van der Waals surface area contributed by atoms with Crippen LogP contribution in [-0.2, 0) is 0 Å². The van der Waals surface area contributed by atoms with E-state index in [1.54, 1.807) is 0 Å². The molecular weight excluding hydrogens is 332 g/mol. The Balaban J connectivity index is 1.32. The molecule has 0 saturated heterocycles. The van der Waals surface area contributed by atoms with Crippen molar-refractivity contribution < 1.29 is 4.74 Å². The van der Waals surface area contributed by atoms with Crippen LogP contribution >= 0.6 is 0 Å². The molecule has 0 bridgehead atoms. The molecule has 2 saturated carbocycles. The van der Waals surface area contributed by atoms with Crippen LogP contribution in [0.15, 0.2) is 48.8 Å². The van der Waals surface area contributed by atoms with Gasteiger partial charge in [-0.25, -0.2) is 0 Å². The molecule has 2 aliphatic carbocycles. The lowest BCUT2D eigenvalue weighted by Gasteiger charge is -2.18. The Labute approximate surface area is 162 Å². The lowest BCUT2D eigenvalue weighted by molar-refractivity contribution is 0.298. The summed E-state index contributed by atoms with van der Waals surface area (Å²) < 4.78 is 5.78. The first-order valence-corrected chi connectivity index (χ1v) is 10.1. The van der Waals surface area contributed by atoms with Crippen molar-refractivity contribution in [2.45, 2.75) is 52.0 Å².